The Morgan fingerprint density at radius 1 is 0.780 bits per heavy atom. The van der Waals surface area contributed by atoms with E-state index in [2.05, 4.69) is 34.6 Å². The molecule has 0 aromatic carbocycles. The minimum absolute atomic E-state index is 0.00468. The molecular formula is C38H66O12. The lowest BCUT2D eigenvalue weighted by atomic mass is 9.43. The largest absolute Gasteiger partial charge is 0.394 e. The zero-order chi connectivity index (χ0) is 36.3. The van der Waals surface area contributed by atoms with Gasteiger partial charge in [0.2, 0.25) is 0 Å². The molecule has 2 heterocycles. The van der Waals surface area contributed by atoms with Crippen LogP contribution in [0, 0.1) is 52.3 Å². The van der Waals surface area contributed by atoms with Crippen molar-refractivity contribution >= 4 is 0 Å². The molecule has 6 rings (SSSR count). The Morgan fingerprint density at radius 2 is 1.50 bits per heavy atom. The van der Waals surface area contributed by atoms with Crippen LogP contribution in [0.15, 0.2) is 0 Å². The van der Waals surface area contributed by atoms with Gasteiger partial charge in [-0.25, -0.2) is 0 Å². The molecule has 12 nitrogen and oxygen atoms in total. The van der Waals surface area contributed by atoms with Gasteiger partial charge in [0.15, 0.2) is 12.6 Å². The Labute approximate surface area is 297 Å². The predicted octanol–water partition coefficient (Wildman–Crippen LogP) is 1.96. The van der Waals surface area contributed by atoms with Gasteiger partial charge in [0.25, 0.3) is 0 Å². The standard InChI is InChI=1S/C38H66O12/c1-18(2)28(48-36-34(32(45)29(16-39)49-36)50-35-33(46-6)31(44)27(43)17-47-35)8-7-19(3)23-15-26(42)30-21-14-25(41)24-13-20(40)9-11-37(24,4)22(21)10-12-38(23,30)5/h18-36,39-45H,7-17H2,1-6H3/t19-,20+,21-,22?,23?,24?,25+,26?,27+,28?,29-,30?,31-,32-,33+,34+,35+,36-,37-,38-/m1/s1. The maximum atomic E-state index is 11.7. The van der Waals surface area contributed by atoms with Crippen molar-refractivity contribution in [3.05, 3.63) is 0 Å². The lowest BCUT2D eigenvalue weighted by Gasteiger charge is -2.62. The van der Waals surface area contributed by atoms with E-state index in [9.17, 15) is 35.7 Å². The summed E-state index contributed by atoms with van der Waals surface area (Å²) in [5.74, 6) is 1.72. The molecule has 7 N–H and O–H groups in total. The zero-order valence-corrected chi connectivity index (χ0v) is 30.9. The summed E-state index contributed by atoms with van der Waals surface area (Å²) >= 11 is 0. The number of rotatable bonds is 11. The van der Waals surface area contributed by atoms with Gasteiger partial charge in [-0.3, -0.25) is 0 Å². The number of hydrogen-bond donors (Lipinski definition) is 7. The van der Waals surface area contributed by atoms with E-state index in [4.69, 9.17) is 23.7 Å². The van der Waals surface area contributed by atoms with Crippen LogP contribution in [0.2, 0.25) is 0 Å². The molecule has 6 unspecified atom stereocenters. The Morgan fingerprint density at radius 3 is 2.18 bits per heavy atom. The van der Waals surface area contributed by atoms with Crippen LogP contribution >= 0.6 is 0 Å². The molecule has 290 valence electrons. The Bertz CT molecular complexity index is 1130. The second-order valence-corrected chi connectivity index (χ2v) is 17.8. The maximum absolute atomic E-state index is 11.7. The van der Waals surface area contributed by atoms with E-state index in [-0.39, 0.29) is 53.3 Å². The average Bonchev–Trinajstić information content (AvgIpc) is 3.52. The van der Waals surface area contributed by atoms with Crippen LogP contribution in [0.5, 0.6) is 0 Å². The molecule has 12 heteroatoms. The minimum atomic E-state index is -1.24. The van der Waals surface area contributed by atoms with Crippen molar-refractivity contribution in [3.63, 3.8) is 0 Å². The van der Waals surface area contributed by atoms with Gasteiger partial charge in [-0.15, -0.1) is 0 Å². The summed E-state index contributed by atoms with van der Waals surface area (Å²) in [4.78, 5) is 0. The van der Waals surface area contributed by atoms with Crippen LogP contribution in [0.4, 0.5) is 0 Å². The summed E-state index contributed by atoms with van der Waals surface area (Å²) in [6, 6.07) is 0. The lowest BCUT2D eigenvalue weighted by Crippen LogP contribution is -2.59. The fourth-order valence-electron chi connectivity index (χ4n) is 12.0. The molecule has 0 amide bonds. The summed E-state index contributed by atoms with van der Waals surface area (Å²) < 4.78 is 29.6. The third-order valence-electron chi connectivity index (χ3n) is 14.8. The Kier molecular flexibility index (Phi) is 12.0. The third kappa shape index (κ3) is 6.96. The van der Waals surface area contributed by atoms with Crippen molar-refractivity contribution in [3.8, 4) is 0 Å². The van der Waals surface area contributed by atoms with Crippen LogP contribution in [-0.4, -0.2) is 130 Å². The number of aliphatic hydroxyl groups excluding tert-OH is 7. The van der Waals surface area contributed by atoms with Crippen LogP contribution in [0.3, 0.4) is 0 Å². The van der Waals surface area contributed by atoms with Crippen molar-refractivity contribution in [1.29, 1.82) is 0 Å². The van der Waals surface area contributed by atoms with Crippen molar-refractivity contribution < 1.29 is 59.4 Å². The highest BCUT2D eigenvalue weighted by atomic mass is 16.8. The van der Waals surface area contributed by atoms with Gasteiger partial charge < -0.3 is 59.4 Å². The molecule has 6 fully saturated rings. The average molecular weight is 715 g/mol. The summed E-state index contributed by atoms with van der Waals surface area (Å²) in [6.07, 6.45) is -2.49. The van der Waals surface area contributed by atoms with Gasteiger partial charge in [-0.1, -0.05) is 34.6 Å². The summed E-state index contributed by atoms with van der Waals surface area (Å²) in [7, 11) is 1.38. The van der Waals surface area contributed by atoms with Crippen molar-refractivity contribution in [1.82, 2.24) is 0 Å². The Balaban J connectivity index is 1.11. The van der Waals surface area contributed by atoms with E-state index in [1.54, 1.807) is 0 Å². The second-order valence-electron chi connectivity index (χ2n) is 17.8. The number of fused-ring (bicyclic) bond motifs is 5. The highest BCUT2D eigenvalue weighted by molar-refractivity contribution is 5.13. The van der Waals surface area contributed by atoms with Crippen LogP contribution in [-0.2, 0) is 23.7 Å². The van der Waals surface area contributed by atoms with Crippen LogP contribution in [0.1, 0.15) is 92.4 Å². The van der Waals surface area contributed by atoms with Crippen molar-refractivity contribution in [2.75, 3.05) is 20.3 Å². The van der Waals surface area contributed by atoms with Crippen LogP contribution < -0.4 is 0 Å². The highest BCUT2D eigenvalue weighted by Crippen LogP contribution is 2.68. The quantitative estimate of drug-likeness (QED) is 0.165. The first kappa shape index (κ1) is 39.2. The molecule has 2 aliphatic heterocycles. The molecule has 0 spiro atoms. The smallest absolute Gasteiger partial charge is 0.187 e. The fourth-order valence-corrected chi connectivity index (χ4v) is 12.0. The zero-order valence-electron chi connectivity index (χ0n) is 30.9. The van der Waals surface area contributed by atoms with Crippen molar-refractivity contribution in [2.24, 2.45) is 52.3 Å². The molecule has 0 aromatic heterocycles. The molecule has 4 aliphatic carbocycles. The highest BCUT2D eigenvalue weighted by Gasteiger charge is 2.64. The molecule has 20 atom stereocenters. The van der Waals surface area contributed by atoms with Gasteiger partial charge >= 0.3 is 0 Å². The first-order valence-corrected chi connectivity index (χ1v) is 19.4. The van der Waals surface area contributed by atoms with Gasteiger partial charge in [0.1, 0.15) is 36.6 Å². The van der Waals surface area contributed by atoms with Gasteiger partial charge in [-0.05, 0) is 110 Å². The number of methoxy groups -OCH3 is 1. The lowest BCUT2D eigenvalue weighted by molar-refractivity contribution is -0.311. The first-order valence-electron chi connectivity index (χ1n) is 19.4. The van der Waals surface area contributed by atoms with Gasteiger partial charge in [0, 0.05) is 7.11 Å². The second kappa shape index (κ2) is 15.3. The van der Waals surface area contributed by atoms with E-state index in [0.29, 0.717) is 30.6 Å². The fraction of sp³-hybridized carbons (Fsp3) is 1.00. The molecule has 6 aliphatic rings. The monoisotopic (exact) mass is 714 g/mol. The normalized spacial score (nSPS) is 52.0. The summed E-state index contributed by atoms with van der Waals surface area (Å²) in [5.41, 5.74) is -0.0391. The molecule has 0 bridgehead atoms. The Hall–Kier alpha value is -0.480. The minimum Gasteiger partial charge on any atom is -0.394 e. The number of ether oxygens (including phenoxy) is 5. The summed E-state index contributed by atoms with van der Waals surface area (Å²) in [5, 5.41) is 75.1. The SMILES string of the molecule is CO[C@@H]1[C@H](O[C@@H]2[C@H](OC(CC[C@@H](C)C3CC(O)C4[C@@H]5C[C@H](O)C6C[C@@H](O)CC[C@]6(C)C5CC[C@@]43C)C(C)C)O[C@H](CO)[C@H]2O)OC[C@H](O)[C@H]1O. The van der Waals surface area contributed by atoms with E-state index in [0.717, 1.165) is 44.9 Å². The van der Waals surface area contributed by atoms with Crippen molar-refractivity contribution in [2.45, 2.75) is 166 Å². The van der Waals surface area contributed by atoms with E-state index < -0.39 is 68.0 Å². The predicted molar refractivity (Wildman–Crippen MR) is 181 cm³/mol. The molecule has 0 aromatic rings. The number of hydrogen-bond acceptors (Lipinski definition) is 12. The third-order valence-corrected chi connectivity index (χ3v) is 14.8. The van der Waals surface area contributed by atoms with E-state index in [1.807, 2.05) is 0 Å². The molecular weight excluding hydrogens is 648 g/mol. The number of aliphatic hydroxyl groups is 7. The van der Waals surface area contributed by atoms with E-state index >= 15 is 0 Å². The van der Waals surface area contributed by atoms with Crippen LogP contribution in [0.25, 0.3) is 0 Å². The maximum Gasteiger partial charge on any atom is 0.187 e. The topological polar surface area (TPSA) is 188 Å². The van der Waals surface area contributed by atoms with E-state index in [1.165, 1.54) is 7.11 Å². The molecule has 4 saturated carbocycles. The molecule has 0 radical (unpaired) electrons. The molecule has 2 saturated heterocycles. The van der Waals surface area contributed by atoms with Gasteiger partial charge in [-0.2, -0.15) is 0 Å². The summed E-state index contributed by atoms with van der Waals surface area (Å²) in [6.45, 7) is 10.6. The first-order chi connectivity index (χ1) is 23.6. The van der Waals surface area contributed by atoms with Gasteiger partial charge in [0.05, 0.1) is 37.6 Å². The molecule has 50 heavy (non-hydrogen) atoms.